The third-order valence-electron chi connectivity index (χ3n) is 4.12. The number of rotatable bonds is 3. The molecular weight excluding hydrogens is 262 g/mol. The second-order valence-corrected chi connectivity index (χ2v) is 5.77. The van der Waals surface area contributed by atoms with E-state index in [0.29, 0.717) is 11.5 Å². The van der Waals surface area contributed by atoms with Crippen LogP contribution in [0.4, 0.5) is 5.82 Å². The first kappa shape index (κ1) is 13.6. The topological polar surface area (TPSA) is 57.7 Å². The summed E-state index contributed by atoms with van der Waals surface area (Å²) in [5.41, 5.74) is 2.99. The van der Waals surface area contributed by atoms with Crippen LogP contribution >= 0.6 is 0 Å². The predicted octanol–water partition coefficient (Wildman–Crippen LogP) is 2.06. The van der Waals surface area contributed by atoms with Gasteiger partial charge in [-0.3, -0.25) is 4.68 Å². The molecule has 3 heterocycles. The normalized spacial score (nSPS) is 18.0. The molecule has 2 aromatic rings. The Morgan fingerprint density at radius 3 is 3.05 bits per heavy atom. The number of nitriles is 1. The van der Waals surface area contributed by atoms with Gasteiger partial charge in [-0.2, -0.15) is 10.4 Å². The summed E-state index contributed by atoms with van der Waals surface area (Å²) >= 11 is 0. The van der Waals surface area contributed by atoms with Gasteiger partial charge in [0.1, 0.15) is 11.9 Å². The number of hydrogen-bond acceptors (Lipinski definition) is 4. The highest BCUT2D eigenvalue weighted by Gasteiger charge is 2.26. The second-order valence-electron chi connectivity index (χ2n) is 5.77. The fourth-order valence-corrected chi connectivity index (χ4v) is 3.02. The quantitative estimate of drug-likeness (QED) is 0.864. The Balaban J connectivity index is 1.73. The number of nitrogens with zero attached hydrogens (tertiary/aromatic N) is 5. The Kier molecular flexibility index (Phi) is 3.61. The van der Waals surface area contributed by atoms with E-state index in [4.69, 9.17) is 0 Å². The van der Waals surface area contributed by atoms with Crippen LogP contribution in [0.25, 0.3) is 0 Å². The fraction of sp³-hybridized carbons (Fsp3) is 0.438. The molecular formula is C16H19N5. The lowest BCUT2D eigenvalue weighted by atomic mass is 10.0. The van der Waals surface area contributed by atoms with Crippen molar-refractivity contribution in [2.24, 2.45) is 13.0 Å². The summed E-state index contributed by atoms with van der Waals surface area (Å²) in [6.45, 7) is 3.89. The van der Waals surface area contributed by atoms with Crippen molar-refractivity contribution in [1.29, 1.82) is 5.26 Å². The van der Waals surface area contributed by atoms with Crippen LogP contribution in [0.5, 0.6) is 0 Å². The molecule has 1 unspecified atom stereocenters. The first-order chi connectivity index (χ1) is 10.2. The van der Waals surface area contributed by atoms with E-state index in [2.05, 4.69) is 27.2 Å². The molecule has 5 nitrogen and oxygen atoms in total. The van der Waals surface area contributed by atoms with Crippen molar-refractivity contribution in [3.05, 3.63) is 41.3 Å². The minimum atomic E-state index is 0.600. The molecule has 1 saturated heterocycles. The van der Waals surface area contributed by atoms with Gasteiger partial charge in [-0.05, 0) is 42.9 Å². The zero-order chi connectivity index (χ0) is 14.8. The van der Waals surface area contributed by atoms with Gasteiger partial charge in [-0.25, -0.2) is 4.98 Å². The number of aromatic nitrogens is 3. The lowest BCUT2D eigenvalue weighted by Gasteiger charge is -2.19. The maximum absolute atomic E-state index is 9.34. The van der Waals surface area contributed by atoms with E-state index in [0.717, 1.165) is 37.3 Å². The van der Waals surface area contributed by atoms with Crippen LogP contribution in [0.3, 0.4) is 0 Å². The van der Waals surface area contributed by atoms with Gasteiger partial charge in [0.05, 0.1) is 11.8 Å². The van der Waals surface area contributed by atoms with Crippen molar-refractivity contribution >= 4 is 5.82 Å². The summed E-state index contributed by atoms with van der Waals surface area (Å²) in [7, 11) is 1.94. The Morgan fingerprint density at radius 2 is 2.33 bits per heavy atom. The highest BCUT2D eigenvalue weighted by Crippen LogP contribution is 2.28. The largest absolute Gasteiger partial charge is 0.355 e. The molecule has 0 bridgehead atoms. The highest BCUT2D eigenvalue weighted by atomic mass is 15.2. The molecule has 108 valence electrons. The number of pyridine rings is 1. The van der Waals surface area contributed by atoms with E-state index < -0.39 is 0 Å². The van der Waals surface area contributed by atoms with E-state index in [-0.39, 0.29) is 0 Å². The van der Waals surface area contributed by atoms with Gasteiger partial charge < -0.3 is 4.90 Å². The second kappa shape index (κ2) is 5.57. The minimum Gasteiger partial charge on any atom is -0.355 e. The Morgan fingerprint density at radius 1 is 1.48 bits per heavy atom. The molecule has 1 atom stereocenters. The van der Waals surface area contributed by atoms with Gasteiger partial charge >= 0.3 is 0 Å². The summed E-state index contributed by atoms with van der Waals surface area (Å²) in [5, 5.41) is 13.6. The molecule has 0 spiro atoms. The van der Waals surface area contributed by atoms with Crippen molar-refractivity contribution < 1.29 is 0 Å². The third kappa shape index (κ3) is 2.75. The summed E-state index contributed by atoms with van der Waals surface area (Å²) in [5.74, 6) is 1.44. The van der Waals surface area contributed by atoms with Crippen molar-refractivity contribution in [3.63, 3.8) is 0 Å². The predicted molar refractivity (Wildman–Crippen MR) is 80.9 cm³/mol. The SMILES string of the molecule is Cc1ccnc(N2CCC(Cc3cnn(C)c3)C2)c1C#N. The molecule has 3 rings (SSSR count). The van der Waals surface area contributed by atoms with Crippen molar-refractivity contribution in [3.8, 4) is 6.07 Å². The van der Waals surface area contributed by atoms with Crippen molar-refractivity contribution in [2.75, 3.05) is 18.0 Å². The van der Waals surface area contributed by atoms with Gasteiger partial charge in [0.2, 0.25) is 0 Å². The van der Waals surface area contributed by atoms with Gasteiger partial charge in [0.25, 0.3) is 0 Å². The minimum absolute atomic E-state index is 0.600. The van der Waals surface area contributed by atoms with Gasteiger partial charge in [0.15, 0.2) is 0 Å². The molecule has 21 heavy (non-hydrogen) atoms. The Hall–Kier alpha value is -2.35. The molecule has 0 saturated carbocycles. The molecule has 5 heteroatoms. The molecule has 2 aromatic heterocycles. The first-order valence-electron chi connectivity index (χ1n) is 7.25. The maximum atomic E-state index is 9.34. The third-order valence-corrected chi connectivity index (χ3v) is 4.12. The monoisotopic (exact) mass is 281 g/mol. The lowest BCUT2D eigenvalue weighted by Crippen LogP contribution is -2.22. The Bertz CT molecular complexity index is 682. The van der Waals surface area contributed by atoms with Gasteiger partial charge in [0, 0.05) is 32.5 Å². The summed E-state index contributed by atoms with van der Waals surface area (Å²) in [4.78, 5) is 6.67. The Labute approximate surface area is 124 Å². The van der Waals surface area contributed by atoms with Crippen molar-refractivity contribution in [2.45, 2.75) is 19.8 Å². The average Bonchev–Trinajstić information content (AvgIpc) is 3.08. The molecule has 0 N–H and O–H groups in total. The van der Waals surface area contributed by atoms with E-state index >= 15 is 0 Å². The molecule has 1 aliphatic heterocycles. The van der Waals surface area contributed by atoms with Crippen LogP contribution in [0.1, 0.15) is 23.1 Å². The van der Waals surface area contributed by atoms with E-state index in [1.165, 1.54) is 5.56 Å². The molecule has 0 aromatic carbocycles. The number of hydrogen-bond donors (Lipinski definition) is 0. The van der Waals surface area contributed by atoms with E-state index in [1.807, 2.05) is 30.9 Å². The summed E-state index contributed by atoms with van der Waals surface area (Å²) in [6, 6.07) is 4.19. The van der Waals surface area contributed by atoms with Gasteiger partial charge in [-0.15, -0.1) is 0 Å². The van der Waals surface area contributed by atoms with Crippen molar-refractivity contribution in [1.82, 2.24) is 14.8 Å². The van der Waals surface area contributed by atoms with Crippen LogP contribution in [-0.2, 0) is 13.5 Å². The van der Waals surface area contributed by atoms with E-state index in [9.17, 15) is 5.26 Å². The first-order valence-corrected chi connectivity index (χ1v) is 7.25. The van der Waals surface area contributed by atoms with Crippen LogP contribution in [-0.4, -0.2) is 27.9 Å². The van der Waals surface area contributed by atoms with Crippen LogP contribution in [0.15, 0.2) is 24.7 Å². The summed E-state index contributed by atoms with van der Waals surface area (Å²) in [6.07, 6.45) is 7.98. The zero-order valence-electron chi connectivity index (χ0n) is 12.5. The molecule has 1 aliphatic rings. The van der Waals surface area contributed by atoms with E-state index in [1.54, 1.807) is 6.20 Å². The molecule has 0 radical (unpaired) electrons. The standard InChI is InChI=1S/C16H19N5/c1-12-3-5-18-16(15(12)8-17)21-6-4-13(11-21)7-14-9-19-20(2)10-14/h3,5,9-10,13H,4,6-7,11H2,1-2H3. The number of anilines is 1. The lowest BCUT2D eigenvalue weighted by molar-refractivity contribution is 0.586. The maximum Gasteiger partial charge on any atom is 0.146 e. The molecule has 0 amide bonds. The van der Waals surface area contributed by atoms with Crippen LogP contribution in [0, 0.1) is 24.2 Å². The van der Waals surface area contributed by atoms with Crippen LogP contribution < -0.4 is 4.90 Å². The summed E-state index contributed by atoms with van der Waals surface area (Å²) < 4.78 is 1.85. The zero-order valence-corrected chi connectivity index (χ0v) is 12.5. The fourth-order valence-electron chi connectivity index (χ4n) is 3.02. The smallest absolute Gasteiger partial charge is 0.146 e. The molecule has 1 fully saturated rings. The highest BCUT2D eigenvalue weighted by molar-refractivity contribution is 5.57. The van der Waals surface area contributed by atoms with Gasteiger partial charge in [-0.1, -0.05) is 0 Å². The molecule has 0 aliphatic carbocycles. The van der Waals surface area contributed by atoms with Crippen LogP contribution in [0.2, 0.25) is 0 Å². The number of aryl methyl sites for hydroxylation is 2. The average molecular weight is 281 g/mol.